The van der Waals surface area contributed by atoms with Crippen molar-refractivity contribution in [2.24, 2.45) is 0 Å². The molecular formula is C53H53ClF2N10O5S. The van der Waals surface area contributed by atoms with E-state index in [4.69, 9.17) is 25.8 Å². The number of carbonyl (C=O) groups is 2. The van der Waals surface area contributed by atoms with Gasteiger partial charge < -0.3 is 38.8 Å². The van der Waals surface area contributed by atoms with Crippen molar-refractivity contribution in [1.29, 1.82) is 0 Å². The van der Waals surface area contributed by atoms with Gasteiger partial charge in [0.15, 0.2) is 6.29 Å². The van der Waals surface area contributed by atoms with E-state index < -0.39 is 39.7 Å². The molecule has 0 spiro atoms. The first kappa shape index (κ1) is 47.5. The Morgan fingerprint density at radius 2 is 1.64 bits per heavy atom. The first-order valence-electron chi connectivity index (χ1n) is 24.0. The molecule has 0 aliphatic carbocycles. The number of nitrogens with one attached hydrogen (secondary N) is 1. The van der Waals surface area contributed by atoms with Crippen LogP contribution < -0.4 is 14.5 Å². The third-order valence-corrected chi connectivity index (χ3v) is 18.6. The van der Waals surface area contributed by atoms with E-state index in [9.17, 15) is 9.18 Å². The zero-order chi connectivity index (χ0) is 49.7. The lowest BCUT2D eigenvalue weighted by Crippen LogP contribution is -2.56. The molecule has 3 fully saturated rings. The van der Waals surface area contributed by atoms with Crippen LogP contribution in [0.1, 0.15) is 42.4 Å². The first-order valence-corrected chi connectivity index (χ1v) is 26.1. The van der Waals surface area contributed by atoms with Gasteiger partial charge in [0.05, 0.1) is 18.7 Å². The van der Waals surface area contributed by atoms with Gasteiger partial charge >= 0.3 is 0 Å². The van der Waals surface area contributed by atoms with Crippen LogP contribution in [0, 0.1) is 11.6 Å². The Labute approximate surface area is 422 Å². The van der Waals surface area contributed by atoms with E-state index in [0.29, 0.717) is 29.4 Å². The average molecular weight is 1020 g/mol. The minimum atomic E-state index is -2.43. The number of aromatic amines is 1. The molecule has 4 aromatic heterocycles. The molecule has 3 saturated heterocycles. The van der Waals surface area contributed by atoms with Crippen molar-refractivity contribution < 1.29 is 32.6 Å². The molecule has 4 aliphatic heterocycles. The third kappa shape index (κ3) is 8.52. The van der Waals surface area contributed by atoms with Gasteiger partial charge in [-0.1, -0.05) is 27.7 Å². The van der Waals surface area contributed by atoms with Crippen molar-refractivity contribution in [3.05, 3.63) is 162 Å². The summed E-state index contributed by atoms with van der Waals surface area (Å²) in [6.45, 7) is 9.96. The van der Waals surface area contributed by atoms with Gasteiger partial charge in [0.2, 0.25) is 0 Å². The molecule has 72 heavy (non-hydrogen) atoms. The van der Waals surface area contributed by atoms with Crippen LogP contribution in [-0.2, 0) is 28.0 Å². The van der Waals surface area contributed by atoms with Crippen LogP contribution >= 0.6 is 21.6 Å². The van der Waals surface area contributed by atoms with Crippen molar-refractivity contribution >= 4 is 44.2 Å². The van der Waals surface area contributed by atoms with E-state index in [-0.39, 0.29) is 47.8 Å². The summed E-state index contributed by atoms with van der Waals surface area (Å²) in [5.41, 5.74) is 4.14. The van der Waals surface area contributed by atoms with E-state index >= 15 is 9.18 Å². The molecule has 2 amide bonds. The summed E-state index contributed by atoms with van der Waals surface area (Å²) in [6, 6.07) is 29.0. The van der Waals surface area contributed by atoms with Crippen molar-refractivity contribution in [2.45, 2.75) is 72.9 Å². The number of aromatic nitrogens is 6. The Morgan fingerprint density at radius 1 is 0.889 bits per heavy atom. The molecule has 15 nitrogen and oxygen atoms in total. The van der Waals surface area contributed by atoms with Crippen LogP contribution in [-0.4, -0.2) is 120 Å². The number of ether oxygens (including phenoxy) is 3. The minimum absolute atomic E-state index is 0.00733. The molecule has 19 heteroatoms. The highest BCUT2D eigenvalue weighted by Crippen LogP contribution is 2.72. The van der Waals surface area contributed by atoms with Gasteiger partial charge in [0.25, 0.3) is 11.1 Å². The van der Waals surface area contributed by atoms with Crippen LogP contribution in [0.15, 0.2) is 138 Å². The van der Waals surface area contributed by atoms with Crippen molar-refractivity contribution in [3.8, 4) is 17.0 Å². The quantitative estimate of drug-likeness (QED) is 0.110. The van der Waals surface area contributed by atoms with Gasteiger partial charge in [-0.3, -0.25) is 14.6 Å². The Balaban J connectivity index is 0.760. The summed E-state index contributed by atoms with van der Waals surface area (Å²) >= 11 is 6.07. The predicted molar refractivity (Wildman–Crippen MR) is 269 cm³/mol. The molecule has 4 aliphatic rings. The normalized spacial score (nSPS) is 24.2. The summed E-state index contributed by atoms with van der Waals surface area (Å²) in [5.74, 6) is -0.905. The number of H-pyrrole nitrogens is 1. The van der Waals surface area contributed by atoms with E-state index in [1.165, 1.54) is 29.5 Å². The molecule has 3 aromatic carbocycles. The Hall–Kier alpha value is -6.86. The lowest BCUT2D eigenvalue weighted by Gasteiger charge is -2.42. The molecule has 0 radical (unpaired) electrons. The molecule has 5 atom stereocenters. The predicted octanol–water partition coefficient (Wildman–Crippen LogP) is 9.15. The zero-order valence-corrected chi connectivity index (χ0v) is 41.5. The number of amides is 2. The van der Waals surface area contributed by atoms with Gasteiger partial charge in [0.1, 0.15) is 53.6 Å². The van der Waals surface area contributed by atoms with Crippen LogP contribution in [0.3, 0.4) is 0 Å². The van der Waals surface area contributed by atoms with Crippen LogP contribution in [0.2, 0.25) is 5.15 Å². The van der Waals surface area contributed by atoms with Crippen molar-refractivity contribution in [3.63, 3.8) is 0 Å². The molecule has 7 aromatic rings. The number of hydrogen-bond donors (Lipinski definition) is 1. The van der Waals surface area contributed by atoms with Crippen LogP contribution in [0.25, 0.3) is 11.3 Å². The fourth-order valence-corrected chi connectivity index (χ4v) is 15.1. The molecule has 0 saturated carbocycles. The molecule has 1 N–H and O–H groups in total. The van der Waals surface area contributed by atoms with Gasteiger partial charge in [-0.15, -0.1) is 0 Å². The third-order valence-electron chi connectivity index (χ3n) is 14.3. The monoisotopic (exact) mass is 1010 g/mol. The van der Waals surface area contributed by atoms with Gasteiger partial charge in [-0.05, 0) is 106 Å². The summed E-state index contributed by atoms with van der Waals surface area (Å²) in [6.07, 6.45) is 7.46. The smallest absolute Gasteiger partial charge is 0.274 e. The number of benzene rings is 3. The Morgan fingerprint density at radius 3 is 2.29 bits per heavy atom. The van der Waals surface area contributed by atoms with E-state index in [1.807, 2.05) is 78.4 Å². The Kier molecular flexibility index (Phi) is 12.7. The van der Waals surface area contributed by atoms with Crippen molar-refractivity contribution in [2.75, 3.05) is 55.7 Å². The highest BCUT2D eigenvalue weighted by Gasteiger charge is 2.59. The average Bonchev–Trinajstić information content (AvgIpc) is 4.21. The molecule has 8 heterocycles. The number of anilines is 2. The van der Waals surface area contributed by atoms with Crippen LogP contribution in [0.4, 0.5) is 25.0 Å². The maximum Gasteiger partial charge on any atom is 0.274 e. The number of pyridine rings is 2. The molecule has 3 unspecified atom stereocenters. The van der Waals surface area contributed by atoms with Crippen LogP contribution in [0.5, 0.6) is 5.75 Å². The highest BCUT2D eigenvalue weighted by molar-refractivity contribution is 8.46. The second-order valence-corrected chi connectivity index (χ2v) is 22.5. The summed E-state index contributed by atoms with van der Waals surface area (Å²) < 4.78 is 48.8. The number of hydrogen-bond acceptors (Lipinski definition) is 11. The zero-order valence-electron chi connectivity index (χ0n) is 39.9. The number of fused-ring (bicyclic) bond motifs is 1. The number of nitrogens with zero attached hydrogens (tertiary/aromatic N) is 9. The summed E-state index contributed by atoms with van der Waals surface area (Å²) in [4.78, 5) is 56.6. The highest BCUT2D eigenvalue weighted by atomic mass is 35.5. The molecule has 0 bridgehead atoms. The topological polar surface area (TPSA) is 147 Å². The number of piperazine rings is 1. The maximum atomic E-state index is 15.4. The SMILES string of the molecule is CC(C)N1C(=O)S(c2ccc(N3CCN(c4ccc(OC[C@H]5OC[C@](Cn6cncn6)(c6ccc(F)cc6F)O5)cc4)CC3)cc2)(c2cccnc2)C(C)C1N1CCc2[nH]c(-c3ccc(Cl)nc3)cc2C1=O. The lowest BCUT2D eigenvalue weighted by atomic mass is 9.94. The molecule has 11 rings (SSSR count). The summed E-state index contributed by atoms with van der Waals surface area (Å²) in [7, 11) is -2.43. The maximum absolute atomic E-state index is 15.4. The van der Waals surface area contributed by atoms with Gasteiger partial charge in [0, 0.05) is 119 Å². The fraction of sp³-hybridized carbons (Fsp3) is 0.321. The number of rotatable bonds is 13. The molecule has 372 valence electrons. The van der Waals surface area contributed by atoms with E-state index in [0.717, 1.165) is 70.4 Å². The van der Waals surface area contributed by atoms with Crippen molar-refractivity contribution in [1.82, 2.24) is 39.5 Å². The Bertz CT molecular complexity index is 3070. The minimum Gasteiger partial charge on any atom is -0.488 e. The largest absolute Gasteiger partial charge is 0.488 e. The van der Waals surface area contributed by atoms with Gasteiger partial charge in [-0.2, -0.15) is 5.10 Å². The number of halogens is 3. The fourth-order valence-electron chi connectivity index (χ4n) is 10.8. The van der Waals surface area contributed by atoms with E-state index in [2.05, 4.69) is 66.0 Å². The first-order chi connectivity index (χ1) is 34.9. The molecular weight excluding hydrogens is 962 g/mol. The number of carbonyl (C=O) groups excluding carboxylic acids is 2. The van der Waals surface area contributed by atoms with E-state index in [1.54, 1.807) is 18.5 Å². The standard InChI is InChI=1S/C53H53ClF2N10O5S/c1-34(2)66-50(65-20-18-46-43(51(65)67)26-47(61-46)36-6-17-48(54)59-27-36)35(3)72(52(66)68,42-5-4-19-57-28-42)41-14-10-39(11-15-41)63-23-21-62(22-24-63)38-8-12-40(13-9-38)69-29-49-70-31-53(71-49,30-64-33-58-32-60-64)44-16-7-37(55)25-45(44)56/h4-17,19,25-28,32-35,49-50,61H,18,20-24,29-31H2,1-3H3/t35?,49-,50?,53+/m0/s1. The second kappa shape index (κ2) is 19.3. The summed E-state index contributed by atoms with van der Waals surface area (Å²) in [5, 5.41) is 4.33. The second-order valence-electron chi connectivity index (χ2n) is 18.8. The van der Waals surface area contributed by atoms with Gasteiger partial charge in [-0.25, -0.2) is 23.4 Å². The lowest BCUT2D eigenvalue weighted by molar-refractivity contribution is -0.117.